The van der Waals surface area contributed by atoms with Crippen LogP contribution < -0.4 is 15.7 Å². The van der Waals surface area contributed by atoms with Crippen molar-refractivity contribution in [1.29, 1.82) is 0 Å². The van der Waals surface area contributed by atoms with E-state index in [9.17, 15) is 4.57 Å². The van der Waals surface area contributed by atoms with Crippen molar-refractivity contribution in [3.8, 4) is 11.8 Å². The van der Waals surface area contributed by atoms with Crippen molar-refractivity contribution >= 4 is 28.7 Å². The lowest BCUT2D eigenvalue weighted by Gasteiger charge is -2.25. The third kappa shape index (κ3) is 4.73. The maximum absolute atomic E-state index is 14.7. The quantitative estimate of drug-likeness (QED) is 0.243. The molecule has 5 aromatic carbocycles. The van der Waals surface area contributed by atoms with Gasteiger partial charge in [0.25, 0.3) is 0 Å². The van der Waals surface area contributed by atoms with Crippen molar-refractivity contribution in [3.63, 3.8) is 0 Å². The van der Waals surface area contributed by atoms with Gasteiger partial charge in [-0.1, -0.05) is 103 Å². The largest absolute Gasteiger partial charge is 0.296 e. The average Bonchev–Trinajstić information content (AvgIpc) is 2.92. The van der Waals surface area contributed by atoms with Gasteiger partial charge in [-0.15, -0.1) is 0 Å². The minimum atomic E-state index is -3.18. The molecule has 2 nitrogen and oxygen atoms in total. The number of hydrogen-bond acceptors (Lipinski definition) is 1. The number of hydrogen-bond donors (Lipinski definition) is 1. The minimum absolute atomic E-state index is 0.434. The average molecular weight is 458 g/mol. The lowest BCUT2D eigenvalue weighted by atomic mass is 10.0. The molecule has 0 aliphatic rings. The van der Waals surface area contributed by atoms with Crippen molar-refractivity contribution in [3.05, 3.63) is 145 Å². The molecule has 0 aromatic heterocycles. The Kier molecular flexibility index (Phi) is 6.41. The zero-order valence-corrected chi connectivity index (χ0v) is 19.5. The van der Waals surface area contributed by atoms with Gasteiger partial charge in [0.05, 0.1) is 0 Å². The van der Waals surface area contributed by atoms with E-state index in [4.69, 9.17) is 0 Å². The Morgan fingerprint density at radius 3 is 1.74 bits per heavy atom. The molecule has 1 atom stereocenters. The highest BCUT2D eigenvalue weighted by molar-refractivity contribution is 7.76. The lowest BCUT2D eigenvalue weighted by Crippen LogP contribution is -2.30. The summed E-state index contributed by atoms with van der Waals surface area (Å²) < 4.78 is 14.7. The zero-order valence-electron chi connectivity index (χ0n) is 18.6. The fourth-order valence-electron chi connectivity index (χ4n) is 4.01. The topological polar surface area (TPSA) is 29.1 Å². The maximum atomic E-state index is 14.7. The molecule has 34 heavy (non-hydrogen) atoms. The van der Waals surface area contributed by atoms with E-state index >= 15 is 0 Å². The standard InChI is InChI=1S/C31H24NOP/c33-34(29-16-6-2-7-17-29,30-18-8-3-9-19-30)32-31(23-20-25-12-4-1-5-13-25)28-22-21-26-14-10-11-15-27(26)24-28/h1-19,21-22,24,31H,(H,32,33)/t31-/m0/s1. The summed E-state index contributed by atoms with van der Waals surface area (Å²) in [5.74, 6) is 6.66. The van der Waals surface area contributed by atoms with Crippen molar-refractivity contribution < 1.29 is 4.57 Å². The third-order valence-corrected chi connectivity index (χ3v) is 8.46. The fourth-order valence-corrected chi connectivity index (χ4v) is 6.37. The molecular formula is C31H24NOP. The highest BCUT2D eigenvalue weighted by Gasteiger charge is 2.30. The first-order chi connectivity index (χ1) is 16.7. The molecular weight excluding hydrogens is 433 g/mol. The summed E-state index contributed by atoms with van der Waals surface area (Å²) in [7, 11) is -3.18. The van der Waals surface area contributed by atoms with Crippen molar-refractivity contribution in [2.24, 2.45) is 0 Å². The highest BCUT2D eigenvalue weighted by Crippen LogP contribution is 2.42. The first-order valence-electron chi connectivity index (χ1n) is 11.3. The first kappa shape index (κ1) is 21.9. The number of rotatable bonds is 5. The van der Waals surface area contributed by atoms with Crippen LogP contribution in [0.5, 0.6) is 0 Å². The molecule has 164 valence electrons. The second-order valence-corrected chi connectivity index (χ2v) is 10.6. The van der Waals surface area contributed by atoms with Crippen molar-refractivity contribution in [2.75, 3.05) is 0 Å². The summed E-state index contributed by atoms with van der Waals surface area (Å²) in [6.07, 6.45) is 0. The van der Waals surface area contributed by atoms with Gasteiger partial charge in [-0.2, -0.15) is 0 Å². The van der Waals surface area contributed by atoms with Crippen LogP contribution in [-0.2, 0) is 4.57 Å². The molecule has 0 spiro atoms. The Morgan fingerprint density at radius 1 is 0.588 bits per heavy atom. The summed E-state index contributed by atoms with van der Waals surface area (Å²) in [6, 6.07) is 43.3. The maximum Gasteiger partial charge on any atom is 0.205 e. The second kappa shape index (κ2) is 9.94. The van der Waals surface area contributed by atoms with E-state index in [1.807, 2.05) is 103 Å². The molecule has 0 bridgehead atoms. The van der Waals surface area contributed by atoms with Crippen molar-refractivity contribution in [2.45, 2.75) is 6.04 Å². The first-order valence-corrected chi connectivity index (χ1v) is 13.0. The van der Waals surface area contributed by atoms with Crippen LogP contribution in [-0.4, -0.2) is 0 Å². The smallest absolute Gasteiger partial charge is 0.205 e. The van der Waals surface area contributed by atoms with E-state index in [-0.39, 0.29) is 0 Å². The summed E-state index contributed by atoms with van der Waals surface area (Å²) in [4.78, 5) is 0. The van der Waals surface area contributed by atoms with Crippen LogP contribution in [0.15, 0.2) is 133 Å². The van der Waals surface area contributed by atoms with Crippen LogP contribution in [0.1, 0.15) is 17.2 Å². The molecule has 5 rings (SSSR count). The summed E-state index contributed by atoms with van der Waals surface area (Å²) in [5, 5.41) is 7.30. The van der Waals surface area contributed by atoms with Gasteiger partial charge in [0.1, 0.15) is 6.04 Å². The molecule has 0 amide bonds. The monoisotopic (exact) mass is 457 g/mol. The molecule has 0 saturated heterocycles. The number of benzene rings is 5. The molecule has 3 heteroatoms. The van der Waals surface area contributed by atoms with Crippen LogP contribution in [0.3, 0.4) is 0 Å². The van der Waals surface area contributed by atoms with Crippen molar-refractivity contribution in [1.82, 2.24) is 5.09 Å². The third-order valence-electron chi connectivity index (χ3n) is 5.79. The summed E-state index contributed by atoms with van der Waals surface area (Å²) >= 11 is 0. The number of fused-ring (bicyclic) bond motifs is 1. The predicted octanol–water partition coefficient (Wildman–Crippen LogP) is 6.45. The Labute approximate surface area is 200 Å². The Hall–Kier alpha value is -3.89. The van der Waals surface area contributed by atoms with E-state index in [1.54, 1.807) is 0 Å². The van der Waals surface area contributed by atoms with Gasteiger partial charge in [0, 0.05) is 16.2 Å². The summed E-state index contributed by atoms with van der Waals surface area (Å²) in [5.41, 5.74) is 1.90. The Bertz CT molecular complexity index is 1460. The molecule has 5 aromatic rings. The molecule has 0 unspecified atom stereocenters. The Morgan fingerprint density at radius 2 is 1.12 bits per heavy atom. The van der Waals surface area contributed by atoms with Gasteiger partial charge < -0.3 is 0 Å². The number of nitrogens with one attached hydrogen (secondary N) is 1. The van der Waals surface area contributed by atoms with E-state index in [2.05, 4.69) is 47.3 Å². The van der Waals surface area contributed by atoms with Crippen LogP contribution in [0.2, 0.25) is 0 Å². The lowest BCUT2D eigenvalue weighted by molar-refractivity contribution is 0.574. The van der Waals surface area contributed by atoms with E-state index in [0.717, 1.165) is 32.5 Å². The van der Waals surface area contributed by atoms with Crippen LogP contribution >= 0.6 is 7.29 Å². The SMILES string of the molecule is O=P(N[C@@H](C#Cc1ccccc1)c1ccc2ccccc2c1)(c1ccccc1)c1ccccc1. The molecule has 0 radical (unpaired) electrons. The minimum Gasteiger partial charge on any atom is -0.296 e. The molecule has 0 saturated carbocycles. The zero-order chi connectivity index (χ0) is 23.2. The summed E-state index contributed by atoms with van der Waals surface area (Å²) in [6.45, 7) is 0. The van der Waals surface area contributed by atoms with E-state index < -0.39 is 13.3 Å². The molecule has 0 aliphatic heterocycles. The van der Waals surface area contributed by atoms with Gasteiger partial charge in [-0.05, 0) is 58.8 Å². The predicted molar refractivity (Wildman–Crippen MR) is 143 cm³/mol. The molecule has 0 aliphatic carbocycles. The van der Waals surface area contributed by atoms with E-state index in [0.29, 0.717) is 0 Å². The second-order valence-electron chi connectivity index (χ2n) is 8.08. The highest BCUT2D eigenvalue weighted by atomic mass is 31.2. The van der Waals surface area contributed by atoms with Crippen LogP contribution in [0.4, 0.5) is 0 Å². The normalized spacial score (nSPS) is 12.0. The molecule has 0 heterocycles. The van der Waals surface area contributed by atoms with Crippen LogP contribution in [0.25, 0.3) is 10.8 Å². The Balaban J connectivity index is 1.64. The molecule has 1 N–H and O–H groups in total. The fraction of sp³-hybridized carbons (Fsp3) is 0.0323. The van der Waals surface area contributed by atoms with Gasteiger partial charge >= 0.3 is 0 Å². The van der Waals surface area contributed by atoms with E-state index in [1.165, 1.54) is 0 Å². The van der Waals surface area contributed by atoms with Gasteiger partial charge in [0.15, 0.2) is 0 Å². The van der Waals surface area contributed by atoms with Gasteiger partial charge in [0.2, 0.25) is 7.29 Å². The van der Waals surface area contributed by atoms with Gasteiger partial charge in [-0.3, -0.25) is 4.57 Å². The molecule has 0 fully saturated rings. The van der Waals surface area contributed by atoms with Gasteiger partial charge in [-0.25, -0.2) is 5.09 Å². The van der Waals surface area contributed by atoms with Crippen LogP contribution in [0, 0.1) is 11.8 Å².